The quantitative estimate of drug-likeness (QED) is 0.809. The van der Waals surface area contributed by atoms with Gasteiger partial charge in [0.05, 0.1) is 22.0 Å². The van der Waals surface area contributed by atoms with E-state index < -0.39 is 0 Å². The molecular formula is C14H9BrClN3OS. The summed E-state index contributed by atoms with van der Waals surface area (Å²) in [6.07, 6.45) is 1.59. The van der Waals surface area contributed by atoms with Crippen molar-refractivity contribution in [2.24, 2.45) is 0 Å². The summed E-state index contributed by atoms with van der Waals surface area (Å²) in [5.41, 5.74) is 1.00. The molecule has 0 saturated carbocycles. The molecule has 106 valence electrons. The van der Waals surface area contributed by atoms with Crippen LogP contribution in [0.15, 0.2) is 46.0 Å². The number of nitriles is 1. The molecule has 4 nitrogen and oxygen atoms in total. The fourth-order valence-corrected chi connectivity index (χ4v) is 2.97. The van der Waals surface area contributed by atoms with Crippen LogP contribution in [0.5, 0.6) is 0 Å². The SMILES string of the molecule is N#Cc1cccnc1SCC(=O)Nc1ccc(Br)cc1Cl. The van der Waals surface area contributed by atoms with Crippen molar-refractivity contribution in [3.8, 4) is 6.07 Å². The van der Waals surface area contributed by atoms with Crippen LogP contribution in [0.25, 0.3) is 0 Å². The first kappa shape index (κ1) is 15.8. The highest BCUT2D eigenvalue weighted by molar-refractivity contribution is 9.10. The summed E-state index contributed by atoms with van der Waals surface area (Å²) in [5, 5.41) is 12.7. The van der Waals surface area contributed by atoms with Gasteiger partial charge in [-0.1, -0.05) is 39.3 Å². The molecule has 0 fully saturated rings. The molecule has 21 heavy (non-hydrogen) atoms. The third-order valence-corrected chi connectivity index (χ3v) is 4.25. The van der Waals surface area contributed by atoms with E-state index in [2.05, 4.69) is 26.2 Å². The van der Waals surface area contributed by atoms with Gasteiger partial charge in [0.2, 0.25) is 5.91 Å². The Hall–Kier alpha value is -1.55. The van der Waals surface area contributed by atoms with Gasteiger partial charge in [-0.3, -0.25) is 4.79 Å². The van der Waals surface area contributed by atoms with Gasteiger partial charge in [0.1, 0.15) is 11.1 Å². The molecule has 2 aromatic rings. The Bertz CT molecular complexity index is 718. The smallest absolute Gasteiger partial charge is 0.234 e. The van der Waals surface area contributed by atoms with E-state index in [-0.39, 0.29) is 11.7 Å². The summed E-state index contributed by atoms with van der Waals surface area (Å²) >= 11 is 10.5. The highest BCUT2D eigenvalue weighted by Gasteiger charge is 2.09. The van der Waals surface area contributed by atoms with Crippen LogP contribution in [0.1, 0.15) is 5.56 Å². The molecule has 1 amide bonds. The minimum Gasteiger partial charge on any atom is -0.324 e. The zero-order valence-electron chi connectivity index (χ0n) is 10.6. The number of thioether (sulfide) groups is 1. The monoisotopic (exact) mass is 381 g/mol. The minimum absolute atomic E-state index is 0.151. The number of nitrogens with one attached hydrogen (secondary N) is 1. The van der Waals surface area contributed by atoms with Gasteiger partial charge >= 0.3 is 0 Å². The van der Waals surface area contributed by atoms with Crippen molar-refractivity contribution >= 4 is 50.9 Å². The van der Waals surface area contributed by atoms with E-state index in [1.807, 2.05) is 6.07 Å². The second-order valence-electron chi connectivity index (χ2n) is 3.93. The van der Waals surface area contributed by atoms with Gasteiger partial charge in [0, 0.05) is 10.7 Å². The zero-order valence-corrected chi connectivity index (χ0v) is 13.8. The maximum atomic E-state index is 11.9. The number of anilines is 1. The molecule has 0 saturated heterocycles. The maximum Gasteiger partial charge on any atom is 0.234 e. The van der Waals surface area contributed by atoms with Crippen molar-refractivity contribution in [3.63, 3.8) is 0 Å². The molecule has 7 heteroatoms. The Balaban J connectivity index is 1.98. The molecule has 0 radical (unpaired) electrons. The van der Waals surface area contributed by atoms with Crippen LogP contribution in [0.2, 0.25) is 5.02 Å². The minimum atomic E-state index is -0.209. The fourth-order valence-electron chi connectivity index (χ4n) is 1.50. The van der Waals surface area contributed by atoms with Gasteiger partial charge in [-0.15, -0.1) is 0 Å². The molecule has 1 N–H and O–H groups in total. The normalized spacial score (nSPS) is 9.95. The molecule has 2 rings (SSSR count). The Kier molecular flexibility index (Phi) is 5.62. The summed E-state index contributed by atoms with van der Waals surface area (Å²) in [6.45, 7) is 0. The summed E-state index contributed by atoms with van der Waals surface area (Å²) in [6, 6.07) is 10.6. The second-order valence-corrected chi connectivity index (χ2v) is 6.22. The van der Waals surface area contributed by atoms with Gasteiger partial charge in [0.15, 0.2) is 0 Å². The Morgan fingerprint density at radius 1 is 1.48 bits per heavy atom. The van der Waals surface area contributed by atoms with Crippen LogP contribution in [-0.4, -0.2) is 16.6 Å². The van der Waals surface area contributed by atoms with E-state index in [1.54, 1.807) is 36.5 Å². The zero-order chi connectivity index (χ0) is 15.2. The summed E-state index contributed by atoms with van der Waals surface area (Å²) in [7, 11) is 0. The number of rotatable bonds is 4. The third kappa shape index (κ3) is 4.46. The largest absolute Gasteiger partial charge is 0.324 e. The molecule has 0 spiro atoms. The van der Waals surface area contributed by atoms with E-state index in [9.17, 15) is 4.79 Å². The number of carbonyl (C=O) groups is 1. The molecule has 0 atom stereocenters. The van der Waals surface area contributed by atoms with Crippen LogP contribution >= 0.6 is 39.3 Å². The molecule has 1 heterocycles. The number of pyridine rings is 1. The number of carbonyl (C=O) groups excluding carboxylic acids is 1. The van der Waals surface area contributed by atoms with E-state index >= 15 is 0 Å². The number of benzene rings is 1. The van der Waals surface area contributed by atoms with Crippen LogP contribution in [0.4, 0.5) is 5.69 Å². The number of hydrogen-bond acceptors (Lipinski definition) is 4. The van der Waals surface area contributed by atoms with Crippen molar-refractivity contribution in [2.45, 2.75) is 5.03 Å². The average Bonchev–Trinajstić information content (AvgIpc) is 2.48. The molecule has 1 aromatic carbocycles. The summed E-state index contributed by atoms with van der Waals surface area (Å²) < 4.78 is 0.840. The molecule has 0 unspecified atom stereocenters. The number of halogens is 2. The highest BCUT2D eigenvalue weighted by atomic mass is 79.9. The lowest BCUT2D eigenvalue weighted by molar-refractivity contribution is -0.113. The van der Waals surface area contributed by atoms with E-state index in [0.29, 0.717) is 21.3 Å². The van der Waals surface area contributed by atoms with E-state index in [4.69, 9.17) is 16.9 Å². The maximum absolute atomic E-state index is 11.9. The topological polar surface area (TPSA) is 65.8 Å². The van der Waals surface area contributed by atoms with Gasteiger partial charge in [-0.05, 0) is 30.3 Å². The van der Waals surface area contributed by atoms with Gasteiger partial charge < -0.3 is 5.32 Å². The molecular weight excluding hydrogens is 374 g/mol. The van der Waals surface area contributed by atoms with Crippen LogP contribution < -0.4 is 5.32 Å². The van der Waals surface area contributed by atoms with Gasteiger partial charge in [0.25, 0.3) is 0 Å². The third-order valence-electron chi connectivity index (χ3n) is 2.44. The lowest BCUT2D eigenvalue weighted by Crippen LogP contribution is -2.14. The molecule has 1 aromatic heterocycles. The number of amides is 1. The fraction of sp³-hybridized carbons (Fsp3) is 0.0714. The number of nitrogens with zero attached hydrogens (tertiary/aromatic N) is 2. The first-order valence-corrected chi connectivity index (χ1v) is 7.98. The van der Waals surface area contributed by atoms with Crippen LogP contribution in [0.3, 0.4) is 0 Å². The van der Waals surface area contributed by atoms with Crippen LogP contribution in [0, 0.1) is 11.3 Å². The lowest BCUT2D eigenvalue weighted by atomic mass is 10.3. The number of aromatic nitrogens is 1. The van der Waals surface area contributed by atoms with Crippen molar-refractivity contribution in [3.05, 3.63) is 51.6 Å². The number of hydrogen-bond donors (Lipinski definition) is 1. The van der Waals surface area contributed by atoms with E-state index in [1.165, 1.54) is 11.8 Å². The lowest BCUT2D eigenvalue weighted by Gasteiger charge is -2.07. The summed E-state index contributed by atoms with van der Waals surface area (Å²) in [4.78, 5) is 16.0. The molecule has 0 aliphatic carbocycles. The first-order chi connectivity index (χ1) is 10.1. The predicted octanol–water partition coefficient (Wildman–Crippen LogP) is 4.10. The van der Waals surface area contributed by atoms with Crippen molar-refractivity contribution < 1.29 is 4.79 Å². The van der Waals surface area contributed by atoms with Gasteiger partial charge in [-0.2, -0.15) is 5.26 Å². The second kappa shape index (κ2) is 7.46. The van der Waals surface area contributed by atoms with Crippen molar-refractivity contribution in [1.82, 2.24) is 4.98 Å². The Morgan fingerprint density at radius 3 is 3.00 bits per heavy atom. The highest BCUT2D eigenvalue weighted by Crippen LogP contribution is 2.26. The standard InChI is InChI=1S/C14H9BrClN3OS/c15-10-3-4-12(11(16)6-10)19-13(20)8-21-14-9(7-17)2-1-5-18-14/h1-6H,8H2,(H,19,20). The summed E-state index contributed by atoms with van der Waals surface area (Å²) in [5.74, 6) is -0.0586. The van der Waals surface area contributed by atoms with E-state index in [0.717, 1.165) is 4.47 Å². The Labute approximate surface area is 139 Å². The first-order valence-electron chi connectivity index (χ1n) is 5.83. The Morgan fingerprint density at radius 2 is 2.29 bits per heavy atom. The predicted molar refractivity (Wildman–Crippen MR) is 87.5 cm³/mol. The molecule has 0 bridgehead atoms. The average molecular weight is 383 g/mol. The van der Waals surface area contributed by atoms with Crippen molar-refractivity contribution in [2.75, 3.05) is 11.1 Å². The van der Waals surface area contributed by atoms with Crippen molar-refractivity contribution in [1.29, 1.82) is 5.26 Å². The molecule has 0 aliphatic heterocycles. The van der Waals surface area contributed by atoms with Gasteiger partial charge in [-0.25, -0.2) is 4.98 Å². The molecule has 0 aliphatic rings. The van der Waals surface area contributed by atoms with Crippen LogP contribution in [-0.2, 0) is 4.79 Å².